The molecule has 0 radical (unpaired) electrons. The predicted octanol–water partition coefficient (Wildman–Crippen LogP) is 3.21. The first-order valence-corrected chi connectivity index (χ1v) is 6.29. The smallest absolute Gasteiger partial charge is 0.227 e. The summed E-state index contributed by atoms with van der Waals surface area (Å²) >= 11 is 5.66. The van der Waals surface area contributed by atoms with Gasteiger partial charge in [0.1, 0.15) is 0 Å². The van der Waals surface area contributed by atoms with Gasteiger partial charge in [0.15, 0.2) is 0 Å². The molecular weight excluding hydrogens is 222 g/mol. The van der Waals surface area contributed by atoms with Gasteiger partial charge in [0.05, 0.1) is 0 Å². The Morgan fingerprint density at radius 1 is 1.31 bits per heavy atom. The van der Waals surface area contributed by atoms with E-state index < -0.39 is 0 Å². The molecule has 0 saturated heterocycles. The largest absolute Gasteiger partial charge is 0.326 e. The summed E-state index contributed by atoms with van der Waals surface area (Å²) in [6.45, 7) is 0. The minimum absolute atomic E-state index is 0.163. The van der Waals surface area contributed by atoms with Crippen LogP contribution in [0.4, 0.5) is 5.69 Å². The molecule has 0 atom stereocenters. The van der Waals surface area contributed by atoms with Crippen LogP contribution in [-0.4, -0.2) is 11.8 Å². The molecule has 0 aromatic heterocycles. The van der Waals surface area contributed by atoms with E-state index in [2.05, 4.69) is 5.32 Å². The Balaban J connectivity index is 1.91. The second kappa shape index (κ2) is 5.35. The molecule has 0 bridgehead atoms. The summed E-state index contributed by atoms with van der Waals surface area (Å²) in [7, 11) is 0. The molecule has 1 saturated carbocycles. The molecule has 1 N–H and O–H groups in total. The van der Waals surface area contributed by atoms with Gasteiger partial charge in [-0.3, -0.25) is 4.79 Å². The molecule has 2 nitrogen and oxygen atoms in total. The maximum atomic E-state index is 11.7. The van der Waals surface area contributed by atoms with Crippen LogP contribution in [-0.2, 0) is 11.2 Å². The van der Waals surface area contributed by atoms with Crippen molar-refractivity contribution >= 4 is 23.2 Å². The Morgan fingerprint density at radius 3 is 2.50 bits per heavy atom. The number of hydrogen-bond acceptors (Lipinski definition) is 1. The van der Waals surface area contributed by atoms with E-state index in [0.29, 0.717) is 5.88 Å². The first kappa shape index (κ1) is 11.5. The lowest BCUT2D eigenvalue weighted by molar-refractivity contribution is -0.122. The summed E-state index contributed by atoms with van der Waals surface area (Å²) in [5, 5.41) is 2.94. The lowest BCUT2D eigenvalue weighted by atomic mass is 9.85. The molecule has 1 aromatic rings. The van der Waals surface area contributed by atoms with Gasteiger partial charge in [-0.05, 0) is 37.0 Å². The Morgan fingerprint density at radius 2 is 2.00 bits per heavy atom. The summed E-state index contributed by atoms with van der Waals surface area (Å²) in [6, 6.07) is 7.91. The number of amides is 1. The third-order valence-corrected chi connectivity index (χ3v) is 3.27. The molecule has 1 fully saturated rings. The van der Waals surface area contributed by atoms with Crippen LogP contribution >= 0.6 is 11.6 Å². The van der Waals surface area contributed by atoms with E-state index in [9.17, 15) is 4.79 Å². The molecule has 2 rings (SSSR count). The molecule has 1 aromatic carbocycles. The number of carbonyl (C=O) groups excluding carboxylic acids is 1. The molecular formula is C13H16ClNO. The van der Waals surface area contributed by atoms with E-state index >= 15 is 0 Å². The van der Waals surface area contributed by atoms with Crippen LogP contribution in [0.25, 0.3) is 0 Å². The second-order valence-corrected chi connectivity index (χ2v) is 4.63. The van der Waals surface area contributed by atoms with Gasteiger partial charge in [-0.2, -0.15) is 0 Å². The molecule has 1 amide bonds. The van der Waals surface area contributed by atoms with Crippen molar-refractivity contribution in [2.75, 3.05) is 11.2 Å². The summed E-state index contributed by atoms with van der Waals surface area (Å²) < 4.78 is 0. The zero-order valence-electron chi connectivity index (χ0n) is 9.21. The molecule has 3 heteroatoms. The second-order valence-electron chi connectivity index (χ2n) is 4.25. The van der Waals surface area contributed by atoms with E-state index in [1.165, 1.54) is 12.0 Å². The minimum atomic E-state index is 0.163. The molecule has 1 aliphatic carbocycles. The van der Waals surface area contributed by atoms with Gasteiger partial charge in [-0.1, -0.05) is 18.6 Å². The van der Waals surface area contributed by atoms with Crippen LogP contribution in [0.2, 0.25) is 0 Å². The number of rotatable bonds is 4. The maximum absolute atomic E-state index is 11.7. The van der Waals surface area contributed by atoms with Crippen LogP contribution in [0, 0.1) is 5.92 Å². The van der Waals surface area contributed by atoms with Gasteiger partial charge in [0.25, 0.3) is 0 Å². The normalized spacial score (nSPS) is 15.6. The van der Waals surface area contributed by atoms with Gasteiger partial charge in [-0.15, -0.1) is 11.6 Å². The number of nitrogens with one attached hydrogen (secondary N) is 1. The van der Waals surface area contributed by atoms with Crippen molar-refractivity contribution in [1.29, 1.82) is 0 Å². The number of hydrogen-bond donors (Lipinski definition) is 1. The van der Waals surface area contributed by atoms with E-state index in [0.717, 1.165) is 24.9 Å². The monoisotopic (exact) mass is 237 g/mol. The van der Waals surface area contributed by atoms with E-state index in [-0.39, 0.29) is 11.8 Å². The third-order valence-electron chi connectivity index (χ3n) is 3.08. The Bertz CT molecular complexity index is 357. The molecule has 1 aliphatic rings. The predicted molar refractivity (Wildman–Crippen MR) is 66.8 cm³/mol. The van der Waals surface area contributed by atoms with Crippen LogP contribution in [0.15, 0.2) is 24.3 Å². The quantitative estimate of drug-likeness (QED) is 0.801. The molecule has 0 heterocycles. The number of aryl methyl sites for hydroxylation is 1. The van der Waals surface area contributed by atoms with Crippen molar-refractivity contribution in [3.05, 3.63) is 29.8 Å². The average Bonchev–Trinajstić information content (AvgIpc) is 2.18. The van der Waals surface area contributed by atoms with Crippen molar-refractivity contribution in [1.82, 2.24) is 0 Å². The lowest BCUT2D eigenvalue weighted by Gasteiger charge is -2.24. The van der Waals surface area contributed by atoms with Crippen molar-refractivity contribution in [3.63, 3.8) is 0 Å². The number of carbonyl (C=O) groups is 1. The van der Waals surface area contributed by atoms with Gasteiger partial charge < -0.3 is 5.32 Å². The highest BCUT2D eigenvalue weighted by molar-refractivity contribution is 6.17. The van der Waals surface area contributed by atoms with Crippen molar-refractivity contribution in [2.45, 2.75) is 25.7 Å². The van der Waals surface area contributed by atoms with E-state index in [4.69, 9.17) is 11.6 Å². The molecule has 0 spiro atoms. The van der Waals surface area contributed by atoms with E-state index in [1.807, 2.05) is 24.3 Å². The Hall–Kier alpha value is -1.02. The summed E-state index contributed by atoms with van der Waals surface area (Å²) in [6.07, 6.45) is 4.14. The topological polar surface area (TPSA) is 29.1 Å². The summed E-state index contributed by atoms with van der Waals surface area (Å²) in [5.41, 5.74) is 2.09. The fraction of sp³-hybridized carbons (Fsp3) is 0.462. The lowest BCUT2D eigenvalue weighted by Crippen LogP contribution is -2.27. The minimum Gasteiger partial charge on any atom is -0.326 e. The highest BCUT2D eigenvalue weighted by Gasteiger charge is 2.24. The fourth-order valence-corrected chi connectivity index (χ4v) is 2.00. The SMILES string of the molecule is O=C(Nc1ccc(CCCl)cc1)C1CCC1. The number of benzene rings is 1. The molecule has 86 valence electrons. The maximum Gasteiger partial charge on any atom is 0.227 e. The number of anilines is 1. The number of halogens is 1. The zero-order chi connectivity index (χ0) is 11.4. The average molecular weight is 238 g/mol. The van der Waals surface area contributed by atoms with Crippen molar-refractivity contribution < 1.29 is 4.79 Å². The third kappa shape index (κ3) is 2.76. The molecule has 0 aliphatic heterocycles. The van der Waals surface area contributed by atoms with Gasteiger partial charge in [-0.25, -0.2) is 0 Å². The Kier molecular flexibility index (Phi) is 3.83. The van der Waals surface area contributed by atoms with Gasteiger partial charge in [0, 0.05) is 17.5 Å². The van der Waals surface area contributed by atoms with Crippen molar-refractivity contribution in [3.8, 4) is 0 Å². The van der Waals surface area contributed by atoms with Crippen molar-refractivity contribution in [2.24, 2.45) is 5.92 Å². The van der Waals surface area contributed by atoms with Crippen LogP contribution in [0.5, 0.6) is 0 Å². The summed E-state index contributed by atoms with van der Waals surface area (Å²) in [4.78, 5) is 11.7. The van der Waals surface area contributed by atoms with Gasteiger partial charge in [0.2, 0.25) is 5.91 Å². The highest BCUT2D eigenvalue weighted by Crippen LogP contribution is 2.27. The zero-order valence-corrected chi connectivity index (χ0v) is 9.96. The summed E-state index contributed by atoms with van der Waals surface area (Å²) in [5.74, 6) is 1.03. The highest BCUT2D eigenvalue weighted by atomic mass is 35.5. The van der Waals surface area contributed by atoms with Crippen LogP contribution in [0.3, 0.4) is 0 Å². The van der Waals surface area contributed by atoms with Crippen LogP contribution in [0.1, 0.15) is 24.8 Å². The number of alkyl halides is 1. The van der Waals surface area contributed by atoms with Crippen LogP contribution < -0.4 is 5.32 Å². The standard InChI is InChI=1S/C13H16ClNO/c14-9-8-10-4-6-12(7-5-10)15-13(16)11-2-1-3-11/h4-7,11H,1-3,8-9H2,(H,15,16). The Labute approximate surface area is 101 Å². The molecule has 0 unspecified atom stereocenters. The molecule has 16 heavy (non-hydrogen) atoms. The fourth-order valence-electron chi connectivity index (χ4n) is 1.78. The van der Waals surface area contributed by atoms with Gasteiger partial charge >= 0.3 is 0 Å². The van der Waals surface area contributed by atoms with E-state index in [1.54, 1.807) is 0 Å². The first-order chi connectivity index (χ1) is 7.79. The first-order valence-electron chi connectivity index (χ1n) is 5.75.